The SMILES string of the molecule is Cc1ccccc1CN(C)CC(O)COC1CCOCC1. The summed E-state index contributed by atoms with van der Waals surface area (Å²) in [5, 5.41) is 10.1. The third-order valence-corrected chi connectivity index (χ3v) is 3.92. The smallest absolute Gasteiger partial charge is 0.0900 e. The second-order valence-electron chi connectivity index (χ2n) is 5.92. The Balaban J connectivity index is 1.69. The van der Waals surface area contributed by atoms with Gasteiger partial charge in [-0.1, -0.05) is 24.3 Å². The molecule has 1 heterocycles. The molecule has 1 aromatic rings. The van der Waals surface area contributed by atoms with Crippen molar-refractivity contribution in [1.29, 1.82) is 0 Å². The molecular formula is C17H27NO3. The summed E-state index contributed by atoms with van der Waals surface area (Å²) in [6.07, 6.45) is 1.68. The van der Waals surface area contributed by atoms with Gasteiger partial charge < -0.3 is 14.6 Å². The summed E-state index contributed by atoms with van der Waals surface area (Å²) in [4.78, 5) is 2.14. The zero-order chi connectivity index (χ0) is 15.1. The molecule has 0 aliphatic carbocycles. The van der Waals surface area contributed by atoms with Crippen molar-refractivity contribution >= 4 is 0 Å². The van der Waals surface area contributed by atoms with Gasteiger partial charge in [-0.05, 0) is 37.9 Å². The molecule has 0 amide bonds. The van der Waals surface area contributed by atoms with E-state index in [1.165, 1.54) is 11.1 Å². The molecular weight excluding hydrogens is 266 g/mol. The van der Waals surface area contributed by atoms with Crippen molar-refractivity contribution in [3.8, 4) is 0 Å². The third-order valence-electron chi connectivity index (χ3n) is 3.92. The molecule has 0 saturated carbocycles. The molecule has 1 fully saturated rings. The van der Waals surface area contributed by atoms with Gasteiger partial charge in [0.15, 0.2) is 0 Å². The molecule has 1 unspecified atom stereocenters. The first kappa shape index (κ1) is 16.4. The molecule has 0 spiro atoms. The fourth-order valence-electron chi connectivity index (χ4n) is 2.65. The van der Waals surface area contributed by atoms with E-state index in [1.807, 2.05) is 7.05 Å². The van der Waals surface area contributed by atoms with Crippen LogP contribution in [0, 0.1) is 6.92 Å². The van der Waals surface area contributed by atoms with Crippen molar-refractivity contribution < 1.29 is 14.6 Å². The van der Waals surface area contributed by atoms with E-state index >= 15 is 0 Å². The van der Waals surface area contributed by atoms with Crippen LogP contribution in [0.25, 0.3) is 0 Å². The average Bonchev–Trinajstić information content (AvgIpc) is 2.48. The van der Waals surface area contributed by atoms with Gasteiger partial charge in [-0.2, -0.15) is 0 Å². The summed E-state index contributed by atoms with van der Waals surface area (Å²) in [5.74, 6) is 0. The lowest BCUT2D eigenvalue weighted by Crippen LogP contribution is -2.34. The van der Waals surface area contributed by atoms with Crippen LogP contribution in [0.3, 0.4) is 0 Å². The maximum atomic E-state index is 10.1. The molecule has 0 radical (unpaired) electrons. The highest BCUT2D eigenvalue weighted by atomic mass is 16.5. The number of hydrogen-bond acceptors (Lipinski definition) is 4. The van der Waals surface area contributed by atoms with Crippen LogP contribution < -0.4 is 0 Å². The van der Waals surface area contributed by atoms with Gasteiger partial charge in [0.2, 0.25) is 0 Å². The van der Waals surface area contributed by atoms with E-state index in [1.54, 1.807) is 0 Å². The zero-order valence-corrected chi connectivity index (χ0v) is 13.1. The van der Waals surface area contributed by atoms with Gasteiger partial charge in [0, 0.05) is 26.3 Å². The molecule has 4 nitrogen and oxygen atoms in total. The van der Waals surface area contributed by atoms with E-state index < -0.39 is 6.10 Å². The Morgan fingerprint density at radius 3 is 2.76 bits per heavy atom. The number of aliphatic hydroxyl groups is 1. The standard InChI is InChI=1S/C17H27NO3/c1-14-5-3-4-6-15(14)11-18(2)12-16(19)13-21-17-7-9-20-10-8-17/h3-6,16-17,19H,7-13H2,1-2H3. The highest BCUT2D eigenvalue weighted by Crippen LogP contribution is 2.12. The largest absolute Gasteiger partial charge is 0.389 e. The number of aliphatic hydroxyl groups excluding tert-OH is 1. The Morgan fingerprint density at radius 1 is 1.33 bits per heavy atom. The predicted octanol–water partition coefficient (Wildman–Crippen LogP) is 1.98. The number of likely N-dealkylation sites (N-methyl/N-ethyl adjacent to an activating group) is 1. The minimum absolute atomic E-state index is 0.245. The van der Waals surface area contributed by atoms with Crippen molar-refractivity contribution in [2.75, 3.05) is 33.4 Å². The van der Waals surface area contributed by atoms with Crippen LogP contribution >= 0.6 is 0 Å². The van der Waals surface area contributed by atoms with Crippen LogP contribution in [0.15, 0.2) is 24.3 Å². The molecule has 1 aliphatic heterocycles. The van der Waals surface area contributed by atoms with Crippen molar-refractivity contribution in [1.82, 2.24) is 4.90 Å². The van der Waals surface area contributed by atoms with E-state index in [0.717, 1.165) is 32.6 Å². The molecule has 0 bridgehead atoms. The van der Waals surface area contributed by atoms with Crippen molar-refractivity contribution in [2.24, 2.45) is 0 Å². The van der Waals surface area contributed by atoms with Crippen LogP contribution in [0.2, 0.25) is 0 Å². The molecule has 1 atom stereocenters. The van der Waals surface area contributed by atoms with Gasteiger partial charge >= 0.3 is 0 Å². The molecule has 118 valence electrons. The number of nitrogens with zero attached hydrogens (tertiary/aromatic N) is 1. The fraction of sp³-hybridized carbons (Fsp3) is 0.647. The first-order chi connectivity index (χ1) is 10.1. The highest BCUT2D eigenvalue weighted by Gasteiger charge is 2.16. The molecule has 1 N–H and O–H groups in total. The van der Waals surface area contributed by atoms with Crippen LogP contribution in [0.5, 0.6) is 0 Å². The van der Waals surface area contributed by atoms with Crippen LogP contribution in [-0.4, -0.2) is 55.6 Å². The Morgan fingerprint density at radius 2 is 2.05 bits per heavy atom. The minimum atomic E-state index is -0.443. The summed E-state index contributed by atoms with van der Waals surface area (Å²) in [6, 6.07) is 8.36. The third kappa shape index (κ3) is 5.75. The molecule has 0 aromatic heterocycles. The van der Waals surface area contributed by atoms with Crippen molar-refractivity contribution in [3.63, 3.8) is 0 Å². The number of benzene rings is 1. The number of rotatable bonds is 7. The molecule has 2 rings (SSSR count). The second kappa shape index (κ2) is 8.49. The maximum Gasteiger partial charge on any atom is 0.0900 e. The first-order valence-corrected chi connectivity index (χ1v) is 7.75. The van der Waals surface area contributed by atoms with Crippen molar-refractivity contribution in [3.05, 3.63) is 35.4 Å². The van der Waals surface area contributed by atoms with E-state index in [4.69, 9.17) is 9.47 Å². The molecule has 1 saturated heterocycles. The van der Waals surface area contributed by atoms with Gasteiger partial charge in [0.05, 0.1) is 18.8 Å². The summed E-state index contributed by atoms with van der Waals surface area (Å²) >= 11 is 0. The van der Waals surface area contributed by atoms with E-state index in [9.17, 15) is 5.11 Å². The number of ether oxygens (including phenoxy) is 2. The zero-order valence-electron chi connectivity index (χ0n) is 13.1. The maximum absolute atomic E-state index is 10.1. The van der Waals surface area contributed by atoms with E-state index in [-0.39, 0.29) is 6.10 Å². The lowest BCUT2D eigenvalue weighted by Gasteiger charge is -2.25. The average molecular weight is 293 g/mol. The lowest BCUT2D eigenvalue weighted by molar-refractivity contribution is -0.0634. The predicted molar refractivity (Wildman–Crippen MR) is 83.3 cm³/mol. The summed E-state index contributed by atoms with van der Waals surface area (Å²) in [6.45, 7) is 5.54. The molecule has 1 aliphatic rings. The molecule has 21 heavy (non-hydrogen) atoms. The van der Waals surface area contributed by atoms with Gasteiger partial charge in [0.25, 0.3) is 0 Å². The van der Waals surface area contributed by atoms with Gasteiger partial charge in [-0.3, -0.25) is 4.90 Å². The lowest BCUT2D eigenvalue weighted by atomic mass is 10.1. The minimum Gasteiger partial charge on any atom is -0.389 e. The van der Waals surface area contributed by atoms with Crippen LogP contribution in [-0.2, 0) is 16.0 Å². The van der Waals surface area contributed by atoms with Gasteiger partial charge in [0.1, 0.15) is 0 Å². The van der Waals surface area contributed by atoms with Gasteiger partial charge in [-0.25, -0.2) is 0 Å². The van der Waals surface area contributed by atoms with Gasteiger partial charge in [-0.15, -0.1) is 0 Å². The summed E-state index contributed by atoms with van der Waals surface area (Å²) in [5.41, 5.74) is 2.59. The normalized spacial score (nSPS) is 18.1. The fourth-order valence-corrected chi connectivity index (χ4v) is 2.65. The Labute approximate surface area is 127 Å². The highest BCUT2D eigenvalue weighted by molar-refractivity contribution is 5.25. The Hall–Kier alpha value is -0.940. The first-order valence-electron chi connectivity index (χ1n) is 7.75. The van der Waals surface area contributed by atoms with E-state index in [2.05, 4.69) is 36.1 Å². The Kier molecular flexibility index (Phi) is 6.64. The quantitative estimate of drug-likeness (QED) is 0.835. The summed E-state index contributed by atoms with van der Waals surface area (Å²) < 4.78 is 11.1. The van der Waals surface area contributed by atoms with Crippen LogP contribution in [0.4, 0.5) is 0 Å². The summed E-state index contributed by atoms with van der Waals surface area (Å²) in [7, 11) is 2.03. The second-order valence-corrected chi connectivity index (χ2v) is 5.92. The number of aryl methyl sites for hydroxylation is 1. The molecule has 4 heteroatoms. The molecule has 1 aromatic carbocycles. The van der Waals surface area contributed by atoms with Crippen LogP contribution in [0.1, 0.15) is 24.0 Å². The van der Waals surface area contributed by atoms with Crippen molar-refractivity contribution in [2.45, 2.75) is 38.5 Å². The van der Waals surface area contributed by atoms with E-state index in [0.29, 0.717) is 13.2 Å². The number of hydrogen-bond donors (Lipinski definition) is 1. The monoisotopic (exact) mass is 293 g/mol. The Bertz CT molecular complexity index is 418. The topological polar surface area (TPSA) is 41.9 Å².